The lowest BCUT2D eigenvalue weighted by molar-refractivity contribution is 0.0697. The number of piperidine rings is 1. The Labute approximate surface area is 151 Å². The molecule has 0 spiro atoms. The van der Waals surface area contributed by atoms with Gasteiger partial charge in [-0.15, -0.1) is 12.4 Å². The number of likely N-dealkylation sites (tertiary alicyclic amines) is 1. The number of carbonyl (C=O) groups is 1. The normalized spacial score (nSPS) is 21.9. The molecule has 1 amide bonds. The number of benzene rings is 1. The largest absolute Gasteiger partial charge is 0.490 e. The third-order valence-electron chi connectivity index (χ3n) is 5.05. The van der Waals surface area contributed by atoms with E-state index in [1.807, 2.05) is 36.2 Å². The topological polar surface area (TPSA) is 41.6 Å². The van der Waals surface area contributed by atoms with E-state index in [0.717, 1.165) is 50.1 Å². The van der Waals surface area contributed by atoms with Crippen LogP contribution < -0.4 is 10.1 Å². The molecule has 1 unspecified atom stereocenters. The molecule has 5 heteroatoms. The molecule has 0 bridgehead atoms. The van der Waals surface area contributed by atoms with Gasteiger partial charge >= 0.3 is 0 Å². The van der Waals surface area contributed by atoms with Crippen molar-refractivity contribution in [1.29, 1.82) is 0 Å². The molecule has 3 rings (SSSR count). The molecule has 134 valence electrons. The summed E-state index contributed by atoms with van der Waals surface area (Å²) in [5.74, 6) is 0.962. The lowest BCUT2D eigenvalue weighted by atomic mass is 9.98. The summed E-state index contributed by atoms with van der Waals surface area (Å²) in [6.45, 7) is 1.65. The van der Waals surface area contributed by atoms with Gasteiger partial charge in [-0.3, -0.25) is 4.79 Å². The Morgan fingerprint density at radius 2 is 1.96 bits per heavy atom. The maximum Gasteiger partial charge on any atom is 0.254 e. The SMILES string of the molecule is CNC1CCCN(C(=O)c2cccc(OC3CCCCC3)c2)C1.Cl. The Morgan fingerprint density at radius 1 is 1.17 bits per heavy atom. The van der Waals surface area contributed by atoms with Gasteiger partial charge < -0.3 is 15.0 Å². The van der Waals surface area contributed by atoms with Crippen LogP contribution in [0.4, 0.5) is 0 Å². The molecule has 1 aromatic rings. The summed E-state index contributed by atoms with van der Waals surface area (Å²) in [4.78, 5) is 14.7. The quantitative estimate of drug-likeness (QED) is 0.899. The van der Waals surface area contributed by atoms with E-state index >= 15 is 0 Å². The summed E-state index contributed by atoms with van der Waals surface area (Å²) in [7, 11) is 1.97. The first kappa shape index (κ1) is 19.1. The fourth-order valence-corrected chi connectivity index (χ4v) is 3.66. The van der Waals surface area contributed by atoms with E-state index in [-0.39, 0.29) is 18.3 Å². The van der Waals surface area contributed by atoms with E-state index in [2.05, 4.69) is 5.32 Å². The van der Waals surface area contributed by atoms with Gasteiger partial charge in [0.05, 0.1) is 6.10 Å². The highest BCUT2D eigenvalue weighted by Gasteiger charge is 2.24. The van der Waals surface area contributed by atoms with E-state index in [0.29, 0.717) is 12.1 Å². The zero-order chi connectivity index (χ0) is 16.1. The first-order valence-electron chi connectivity index (χ1n) is 8.99. The molecular weight excluding hydrogens is 324 g/mol. The molecule has 0 aromatic heterocycles. The predicted octanol–water partition coefficient (Wildman–Crippen LogP) is 3.64. The summed E-state index contributed by atoms with van der Waals surface area (Å²) in [5, 5.41) is 3.29. The van der Waals surface area contributed by atoms with E-state index in [9.17, 15) is 4.79 Å². The molecule has 1 aliphatic heterocycles. The smallest absolute Gasteiger partial charge is 0.254 e. The van der Waals surface area contributed by atoms with Crippen molar-refractivity contribution in [3.8, 4) is 5.75 Å². The van der Waals surface area contributed by atoms with Crippen molar-refractivity contribution in [2.45, 2.75) is 57.1 Å². The van der Waals surface area contributed by atoms with Crippen LogP contribution in [-0.2, 0) is 0 Å². The Bertz CT molecular complexity index is 532. The fourth-order valence-electron chi connectivity index (χ4n) is 3.66. The van der Waals surface area contributed by atoms with Crippen LogP contribution in [0.15, 0.2) is 24.3 Å². The molecule has 1 saturated carbocycles. The van der Waals surface area contributed by atoms with Gasteiger partial charge in [0.2, 0.25) is 0 Å². The highest BCUT2D eigenvalue weighted by molar-refractivity contribution is 5.94. The lowest BCUT2D eigenvalue weighted by Crippen LogP contribution is -2.46. The standard InChI is InChI=1S/C19H28N2O2.ClH/c1-20-16-8-6-12-21(14-16)19(22)15-7-5-11-18(13-15)23-17-9-3-2-4-10-17;/h5,7,11,13,16-17,20H,2-4,6,8-10,12,14H2,1H3;1H. The van der Waals surface area contributed by atoms with Gasteiger partial charge in [0.15, 0.2) is 0 Å². The fraction of sp³-hybridized carbons (Fsp3) is 0.632. The average Bonchev–Trinajstić information content (AvgIpc) is 2.62. The van der Waals surface area contributed by atoms with Crippen LogP contribution in [0.2, 0.25) is 0 Å². The first-order valence-corrected chi connectivity index (χ1v) is 8.99. The third-order valence-corrected chi connectivity index (χ3v) is 5.05. The summed E-state index contributed by atoms with van der Waals surface area (Å²) in [5.41, 5.74) is 0.745. The van der Waals surface area contributed by atoms with E-state index in [1.165, 1.54) is 19.3 Å². The average molecular weight is 353 g/mol. The van der Waals surface area contributed by atoms with Crippen LogP contribution in [-0.4, -0.2) is 43.1 Å². The minimum atomic E-state index is 0. The van der Waals surface area contributed by atoms with Crippen LogP contribution in [0.1, 0.15) is 55.3 Å². The predicted molar refractivity (Wildman–Crippen MR) is 99.2 cm³/mol. The molecule has 24 heavy (non-hydrogen) atoms. The number of hydrogen-bond donors (Lipinski definition) is 1. The molecule has 2 aliphatic rings. The molecule has 1 aromatic carbocycles. The molecule has 4 nitrogen and oxygen atoms in total. The van der Waals surface area contributed by atoms with Crippen LogP contribution >= 0.6 is 12.4 Å². The van der Waals surface area contributed by atoms with Crippen molar-refractivity contribution in [3.63, 3.8) is 0 Å². The lowest BCUT2D eigenvalue weighted by Gasteiger charge is -2.32. The van der Waals surface area contributed by atoms with Gasteiger partial charge in [0, 0.05) is 24.7 Å². The van der Waals surface area contributed by atoms with Crippen LogP contribution in [0.3, 0.4) is 0 Å². The highest BCUT2D eigenvalue weighted by Crippen LogP contribution is 2.24. The molecule has 1 heterocycles. The maximum atomic E-state index is 12.7. The number of nitrogens with zero attached hydrogens (tertiary/aromatic N) is 1. The number of rotatable bonds is 4. The minimum Gasteiger partial charge on any atom is -0.490 e. The van der Waals surface area contributed by atoms with E-state index in [4.69, 9.17) is 4.74 Å². The van der Waals surface area contributed by atoms with Gasteiger partial charge in [-0.2, -0.15) is 0 Å². The summed E-state index contributed by atoms with van der Waals surface area (Å²) in [6, 6.07) is 8.14. The second-order valence-corrected chi connectivity index (χ2v) is 6.78. The summed E-state index contributed by atoms with van der Waals surface area (Å²) in [6.07, 6.45) is 8.62. The van der Waals surface area contributed by atoms with Gasteiger partial charge in [-0.05, 0) is 63.8 Å². The zero-order valence-electron chi connectivity index (χ0n) is 14.5. The van der Waals surface area contributed by atoms with Crippen molar-refractivity contribution in [1.82, 2.24) is 10.2 Å². The van der Waals surface area contributed by atoms with Crippen molar-refractivity contribution in [2.24, 2.45) is 0 Å². The van der Waals surface area contributed by atoms with Crippen LogP contribution in [0.5, 0.6) is 5.75 Å². The molecular formula is C19H29ClN2O2. The van der Waals surface area contributed by atoms with Crippen LogP contribution in [0, 0.1) is 0 Å². The molecule has 1 atom stereocenters. The Morgan fingerprint density at radius 3 is 2.71 bits per heavy atom. The van der Waals surface area contributed by atoms with Gasteiger partial charge in [0.25, 0.3) is 5.91 Å². The Balaban J connectivity index is 0.00000208. The molecule has 2 fully saturated rings. The molecule has 1 N–H and O–H groups in total. The first-order chi connectivity index (χ1) is 11.3. The van der Waals surface area contributed by atoms with Gasteiger partial charge in [-0.25, -0.2) is 0 Å². The van der Waals surface area contributed by atoms with Gasteiger partial charge in [0.1, 0.15) is 5.75 Å². The molecule has 1 saturated heterocycles. The molecule has 0 radical (unpaired) electrons. The van der Waals surface area contributed by atoms with E-state index in [1.54, 1.807) is 0 Å². The zero-order valence-corrected chi connectivity index (χ0v) is 15.3. The second-order valence-electron chi connectivity index (χ2n) is 6.78. The van der Waals surface area contributed by atoms with E-state index < -0.39 is 0 Å². The third kappa shape index (κ3) is 4.87. The summed E-state index contributed by atoms with van der Waals surface area (Å²) < 4.78 is 6.09. The van der Waals surface area contributed by atoms with Crippen molar-refractivity contribution >= 4 is 18.3 Å². The second kappa shape index (κ2) is 9.28. The maximum absolute atomic E-state index is 12.7. The van der Waals surface area contributed by atoms with Crippen molar-refractivity contribution < 1.29 is 9.53 Å². The minimum absolute atomic E-state index is 0. The Hall–Kier alpha value is -1.26. The monoisotopic (exact) mass is 352 g/mol. The number of hydrogen-bond acceptors (Lipinski definition) is 3. The number of nitrogens with one attached hydrogen (secondary N) is 1. The number of likely N-dealkylation sites (N-methyl/N-ethyl adjacent to an activating group) is 1. The number of halogens is 1. The highest BCUT2D eigenvalue weighted by atomic mass is 35.5. The van der Waals surface area contributed by atoms with Crippen molar-refractivity contribution in [3.05, 3.63) is 29.8 Å². The van der Waals surface area contributed by atoms with Crippen molar-refractivity contribution in [2.75, 3.05) is 20.1 Å². The number of carbonyl (C=O) groups excluding carboxylic acids is 1. The van der Waals surface area contributed by atoms with Gasteiger partial charge in [-0.1, -0.05) is 12.5 Å². The number of amides is 1. The molecule has 1 aliphatic carbocycles. The number of ether oxygens (including phenoxy) is 1. The Kier molecular flexibility index (Phi) is 7.38. The van der Waals surface area contributed by atoms with Crippen LogP contribution in [0.25, 0.3) is 0 Å². The summed E-state index contributed by atoms with van der Waals surface area (Å²) >= 11 is 0.